The molecule has 0 heterocycles. The summed E-state index contributed by atoms with van der Waals surface area (Å²) in [7, 11) is 0. The summed E-state index contributed by atoms with van der Waals surface area (Å²) in [5, 5.41) is 2.68. The van der Waals surface area contributed by atoms with Gasteiger partial charge < -0.3 is 0 Å². The summed E-state index contributed by atoms with van der Waals surface area (Å²) >= 11 is 7.02. The topological polar surface area (TPSA) is 0 Å². The molecular formula is C13H8Br2. The van der Waals surface area contributed by atoms with Crippen molar-refractivity contribution in [1.82, 2.24) is 0 Å². The van der Waals surface area contributed by atoms with Crippen molar-refractivity contribution in [2.45, 2.75) is 0 Å². The Bertz CT molecular complexity index is 606. The van der Waals surface area contributed by atoms with E-state index in [1.165, 1.54) is 20.5 Å². The van der Waals surface area contributed by atoms with Gasteiger partial charge in [-0.3, -0.25) is 0 Å². The monoisotopic (exact) mass is 322 g/mol. The molecule has 0 fully saturated rings. The quantitative estimate of drug-likeness (QED) is 0.688. The van der Waals surface area contributed by atoms with E-state index in [-0.39, 0.29) is 0 Å². The Morgan fingerprint density at radius 2 is 1.87 bits per heavy atom. The Kier molecular flexibility index (Phi) is 2.22. The van der Waals surface area contributed by atoms with Crippen LogP contribution in [0, 0.1) is 5.92 Å². The zero-order valence-corrected chi connectivity index (χ0v) is 11.0. The van der Waals surface area contributed by atoms with Gasteiger partial charge in [-0.2, -0.15) is 0 Å². The van der Waals surface area contributed by atoms with Gasteiger partial charge in [0.1, 0.15) is 0 Å². The highest BCUT2D eigenvalue weighted by atomic mass is 79.9. The Morgan fingerprint density at radius 1 is 1.00 bits per heavy atom. The van der Waals surface area contributed by atoms with Gasteiger partial charge in [-0.15, -0.1) is 0 Å². The fraction of sp³-hybridized carbons (Fsp3) is 0.0769. The molecule has 0 aliphatic heterocycles. The standard InChI is InChI=1S/C13H8Br2/c14-10-1-3-12-8(6-10)5-9-7-11(15)2-4-13(9)12/h1-8H/t8-/m0/s1. The Labute approximate surface area is 105 Å². The lowest BCUT2D eigenvalue weighted by Gasteiger charge is -2.10. The first-order valence-corrected chi connectivity index (χ1v) is 6.40. The van der Waals surface area contributed by atoms with Crippen LogP contribution in [0.1, 0.15) is 0 Å². The average Bonchev–Trinajstić information content (AvgIpc) is 2.53. The van der Waals surface area contributed by atoms with Crippen LogP contribution in [-0.2, 0) is 0 Å². The van der Waals surface area contributed by atoms with Crippen LogP contribution in [0.5, 0.6) is 0 Å². The zero-order chi connectivity index (χ0) is 10.4. The van der Waals surface area contributed by atoms with Gasteiger partial charge in [-0.25, -0.2) is 0 Å². The second kappa shape index (κ2) is 3.46. The van der Waals surface area contributed by atoms with Crippen molar-refractivity contribution in [1.29, 1.82) is 0 Å². The second-order valence-corrected chi connectivity index (χ2v) is 5.60. The minimum absolute atomic E-state index is 0.439. The normalized spacial score (nSPS) is 21.9. The van der Waals surface area contributed by atoms with Crippen molar-refractivity contribution in [2.75, 3.05) is 0 Å². The van der Waals surface area contributed by atoms with E-state index in [1.807, 2.05) is 0 Å². The number of fused-ring (bicyclic) bond motifs is 2. The molecule has 0 radical (unpaired) electrons. The maximum atomic E-state index is 3.52. The van der Waals surface area contributed by atoms with Crippen molar-refractivity contribution in [3.63, 3.8) is 0 Å². The molecule has 0 amide bonds. The first kappa shape index (κ1) is 9.61. The van der Waals surface area contributed by atoms with Gasteiger partial charge in [-0.05, 0) is 34.2 Å². The van der Waals surface area contributed by atoms with Crippen molar-refractivity contribution >= 4 is 43.5 Å². The molecule has 0 nitrogen and oxygen atoms in total. The summed E-state index contributed by atoms with van der Waals surface area (Å²) in [5.41, 5.74) is 1.40. The van der Waals surface area contributed by atoms with Crippen molar-refractivity contribution in [3.05, 3.63) is 55.8 Å². The van der Waals surface area contributed by atoms with Crippen LogP contribution < -0.4 is 10.4 Å². The molecule has 0 N–H and O–H groups in total. The van der Waals surface area contributed by atoms with E-state index < -0.39 is 0 Å². The molecule has 0 saturated carbocycles. The first-order chi connectivity index (χ1) is 7.24. The molecule has 15 heavy (non-hydrogen) atoms. The van der Waals surface area contributed by atoms with Gasteiger partial charge in [0, 0.05) is 14.9 Å². The second-order valence-electron chi connectivity index (χ2n) is 3.76. The third kappa shape index (κ3) is 1.56. The molecule has 74 valence electrons. The number of allylic oxidation sites excluding steroid dienone is 4. The van der Waals surface area contributed by atoms with Gasteiger partial charge in [0.05, 0.1) is 0 Å². The number of rotatable bonds is 0. The smallest absolute Gasteiger partial charge is 0.0227 e. The van der Waals surface area contributed by atoms with Crippen molar-refractivity contribution < 1.29 is 0 Å². The number of halogens is 2. The molecule has 1 aromatic carbocycles. The lowest BCUT2D eigenvalue weighted by atomic mass is 9.97. The molecule has 0 bridgehead atoms. The minimum Gasteiger partial charge on any atom is -0.0652 e. The van der Waals surface area contributed by atoms with E-state index in [4.69, 9.17) is 0 Å². The summed E-state index contributed by atoms with van der Waals surface area (Å²) in [4.78, 5) is 0. The SMILES string of the molecule is BrC1=C[C@@H]2C=c3cc(Br)ccc3=C2C=C1. The average molecular weight is 324 g/mol. The van der Waals surface area contributed by atoms with Crippen LogP contribution in [0.2, 0.25) is 0 Å². The summed E-state index contributed by atoms with van der Waals surface area (Å²) in [6.45, 7) is 0. The summed E-state index contributed by atoms with van der Waals surface area (Å²) in [6, 6.07) is 6.46. The predicted octanol–water partition coefficient (Wildman–Crippen LogP) is 2.86. The molecule has 3 rings (SSSR count). The van der Waals surface area contributed by atoms with E-state index in [0.29, 0.717) is 5.92 Å². The highest BCUT2D eigenvalue weighted by Crippen LogP contribution is 2.28. The van der Waals surface area contributed by atoms with Crippen LogP contribution in [0.15, 0.2) is 45.4 Å². The van der Waals surface area contributed by atoms with Gasteiger partial charge in [0.25, 0.3) is 0 Å². The van der Waals surface area contributed by atoms with E-state index in [9.17, 15) is 0 Å². The maximum Gasteiger partial charge on any atom is 0.0227 e. The third-order valence-corrected chi connectivity index (χ3v) is 3.83. The van der Waals surface area contributed by atoms with Gasteiger partial charge in [-0.1, -0.05) is 56.2 Å². The van der Waals surface area contributed by atoms with Gasteiger partial charge in [0.2, 0.25) is 0 Å². The number of hydrogen-bond donors (Lipinski definition) is 0. The van der Waals surface area contributed by atoms with Crippen LogP contribution in [0.4, 0.5) is 0 Å². The van der Waals surface area contributed by atoms with E-state index in [1.54, 1.807) is 0 Å². The first-order valence-electron chi connectivity index (χ1n) is 4.81. The van der Waals surface area contributed by atoms with Crippen molar-refractivity contribution in [3.8, 4) is 0 Å². The molecule has 0 aromatic heterocycles. The Morgan fingerprint density at radius 3 is 2.73 bits per heavy atom. The van der Waals surface area contributed by atoms with Gasteiger partial charge in [0.15, 0.2) is 0 Å². The fourth-order valence-electron chi connectivity index (χ4n) is 2.13. The van der Waals surface area contributed by atoms with Crippen LogP contribution in [0.3, 0.4) is 0 Å². The summed E-state index contributed by atoms with van der Waals surface area (Å²) in [6.07, 6.45) is 8.85. The maximum absolute atomic E-state index is 3.52. The van der Waals surface area contributed by atoms with Gasteiger partial charge >= 0.3 is 0 Å². The van der Waals surface area contributed by atoms with Crippen molar-refractivity contribution in [2.24, 2.45) is 5.92 Å². The highest BCUT2D eigenvalue weighted by Gasteiger charge is 2.16. The Balaban J connectivity index is 2.34. The molecule has 2 aliphatic carbocycles. The predicted molar refractivity (Wildman–Crippen MR) is 70.9 cm³/mol. The molecule has 1 aromatic rings. The summed E-state index contributed by atoms with van der Waals surface area (Å²) in [5.74, 6) is 0.439. The highest BCUT2D eigenvalue weighted by molar-refractivity contribution is 9.12. The lowest BCUT2D eigenvalue weighted by Crippen LogP contribution is -2.22. The van der Waals surface area contributed by atoms with E-state index >= 15 is 0 Å². The zero-order valence-electron chi connectivity index (χ0n) is 7.87. The number of hydrogen-bond acceptors (Lipinski definition) is 0. The lowest BCUT2D eigenvalue weighted by molar-refractivity contribution is 1.17. The molecular weight excluding hydrogens is 316 g/mol. The summed E-state index contributed by atoms with van der Waals surface area (Å²) < 4.78 is 2.31. The third-order valence-electron chi connectivity index (χ3n) is 2.80. The molecule has 2 aliphatic rings. The molecule has 0 unspecified atom stereocenters. The largest absolute Gasteiger partial charge is 0.0652 e. The number of benzene rings is 1. The van der Waals surface area contributed by atoms with E-state index in [2.05, 4.69) is 74.4 Å². The molecule has 1 atom stereocenters. The van der Waals surface area contributed by atoms with Crippen LogP contribution >= 0.6 is 31.9 Å². The Hall–Kier alpha value is -0.600. The fourth-order valence-corrected chi connectivity index (χ4v) is 2.93. The molecule has 0 saturated heterocycles. The van der Waals surface area contributed by atoms with Crippen LogP contribution in [0.25, 0.3) is 11.6 Å². The molecule has 0 spiro atoms. The minimum atomic E-state index is 0.439. The van der Waals surface area contributed by atoms with Crippen LogP contribution in [-0.4, -0.2) is 0 Å². The van der Waals surface area contributed by atoms with E-state index in [0.717, 1.165) is 4.47 Å². The molecule has 2 heteroatoms.